The van der Waals surface area contributed by atoms with E-state index in [0.29, 0.717) is 5.92 Å². The van der Waals surface area contributed by atoms with Crippen molar-refractivity contribution in [1.29, 1.82) is 0 Å². The molecule has 1 aromatic carbocycles. The zero-order chi connectivity index (χ0) is 14.1. The third kappa shape index (κ3) is 3.38. The molecule has 0 aliphatic rings. The SMILES string of the molecule is Cc1ccc(C(C)C)cc1O[Si](C)(C)C(C)(C)C. The van der Waals surface area contributed by atoms with Crippen molar-refractivity contribution < 1.29 is 4.43 Å². The zero-order valence-electron chi connectivity index (χ0n) is 13.2. The molecule has 0 aromatic heterocycles. The summed E-state index contributed by atoms with van der Waals surface area (Å²) in [5.41, 5.74) is 2.60. The number of hydrogen-bond acceptors (Lipinski definition) is 1. The lowest BCUT2D eigenvalue weighted by Crippen LogP contribution is -2.44. The molecule has 0 heterocycles. The Hall–Kier alpha value is -0.763. The van der Waals surface area contributed by atoms with E-state index >= 15 is 0 Å². The van der Waals surface area contributed by atoms with Crippen LogP contribution in [0.5, 0.6) is 5.75 Å². The minimum absolute atomic E-state index is 0.243. The molecule has 0 aliphatic carbocycles. The van der Waals surface area contributed by atoms with Gasteiger partial charge in [0.05, 0.1) is 0 Å². The van der Waals surface area contributed by atoms with Gasteiger partial charge in [0.1, 0.15) is 5.75 Å². The van der Waals surface area contributed by atoms with Gasteiger partial charge in [-0.05, 0) is 48.2 Å². The van der Waals surface area contributed by atoms with Gasteiger partial charge in [0.25, 0.3) is 0 Å². The lowest BCUT2D eigenvalue weighted by Gasteiger charge is -2.37. The summed E-state index contributed by atoms with van der Waals surface area (Å²) in [5.74, 6) is 1.63. The lowest BCUT2D eigenvalue weighted by molar-refractivity contribution is 0.488. The molecule has 0 saturated carbocycles. The molecule has 0 radical (unpaired) electrons. The van der Waals surface area contributed by atoms with Crippen molar-refractivity contribution >= 4 is 8.32 Å². The average Bonchev–Trinajstić information content (AvgIpc) is 2.18. The van der Waals surface area contributed by atoms with E-state index in [0.717, 1.165) is 5.75 Å². The van der Waals surface area contributed by atoms with E-state index in [1.165, 1.54) is 11.1 Å². The fourth-order valence-corrected chi connectivity index (χ4v) is 2.59. The number of aryl methyl sites for hydroxylation is 1. The fourth-order valence-electron chi connectivity index (χ4n) is 1.51. The summed E-state index contributed by atoms with van der Waals surface area (Å²) in [6, 6.07) is 6.61. The average molecular weight is 264 g/mol. The van der Waals surface area contributed by atoms with Crippen LogP contribution >= 0.6 is 0 Å². The number of rotatable bonds is 3. The first kappa shape index (κ1) is 15.3. The molecule has 0 saturated heterocycles. The maximum atomic E-state index is 6.43. The molecule has 0 aliphatic heterocycles. The molecule has 0 unspecified atom stereocenters. The molecule has 1 nitrogen and oxygen atoms in total. The van der Waals surface area contributed by atoms with Crippen LogP contribution in [0.1, 0.15) is 51.7 Å². The fraction of sp³-hybridized carbons (Fsp3) is 0.625. The Morgan fingerprint density at radius 2 is 1.67 bits per heavy atom. The van der Waals surface area contributed by atoms with Crippen LogP contribution in [0.4, 0.5) is 0 Å². The van der Waals surface area contributed by atoms with Gasteiger partial charge in [0.2, 0.25) is 8.32 Å². The van der Waals surface area contributed by atoms with E-state index in [9.17, 15) is 0 Å². The molecular weight excluding hydrogens is 236 g/mol. The van der Waals surface area contributed by atoms with Gasteiger partial charge in [0, 0.05) is 0 Å². The summed E-state index contributed by atoms with van der Waals surface area (Å²) in [7, 11) is -1.73. The highest BCUT2D eigenvalue weighted by atomic mass is 28.4. The monoisotopic (exact) mass is 264 g/mol. The summed E-state index contributed by atoms with van der Waals surface area (Å²) in [4.78, 5) is 0. The van der Waals surface area contributed by atoms with Crippen molar-refractivity contribution in [3.63, 3.8) is 0 Å². The van der Waals surface area contributed by atoms with Crippen LogP contribution in [0, 0.1) is 6.92 Å². The van der Waals surface area contributed by atoms with Crippen LogP contribution in [-0.4, -0.2) is 8.32 Å². The Labute approximate surface area is 114 Å². The molecule has 102 valence electrons. The summed E-state index contributed by atoms with van der Waals surface area (Å²) >= 11 is 0. The predicted octanol–water partition coefficient (Wildman–Crippen LogP) is 5.50. The molecule has 0 amide bonds. The number of hydrogen-bond donors (Lipinski definition) is 0. The van der Waals surface area contributed by atoms with Crippen molar-refractivity contribution in [3.05, 3.63) is 29.3 Å². The molecule has 1 aromatic rings. The van der Waals surface area contributed by atoms with Crippen molar-refractivity contribution in [2.75, 3.05) is 0 Å². The molecule has 0 fully saturated rings. The van der Waals surface area contributed by atoms with Crippen LogP contribution in [0.3, 0.4) is 0 Å². The van der Waals surface area contributed by atoms with Gasteiger partial charge < -0.3 is 4.43 Å². The maximum Gasteiger partial charge on any atom is 0.250 e. The number of benzene rings is 1. The Kier molecular flexibility index (Phi) is 4.32. The molecule has 0 bridgehead atoms. The largest absolute Gasteiger partial charge is 0.543 e. The minimum atomic E-state index is -1.73. The van der Waals surface area contributed by atoms with Gasteiger partial charge in [-0.3, -0.25) is 0 Å². The highest BCUT2D eigenvalue weighted by Gasteiger charge is 2.39. The highest BCUT2D eigenvalue weighted by molar-refractivity contribution is 6.74. The Balaban J connectivity index is 3.07. The van der Waals surface area contributed by atoms with Crippen molar-refractivity contribution in [1.82, 2.24) is 0 Å². The first-order valence-corrected chi connectivity index (χ1v) is 9.75. The Bertz CT molecular complexity index is 414. The smallest absolute Gasteiger partial charge is 0.250 e. The van der Waals surface area contributed by atoms with E-state index in [1.54, 1.807) is 0 Å². The molecule has 0 spiro atoms. The molecule has 1 rings (SSSR count). The first-order chi connectivity index (χ1) is 8.04. The van der Waals surface area contributed by atoms with Gasteiger partial charge >= 0.3 is 0 Å². The highest BCUT2D eigenvalue weighted by Crippen LogP contribution is 2.38. The van der Waals surface area contributed by atoms with E-state index in [2.05, 4.69) is 72.8 Å². The second-order valence-corrected chi connectivity index (χ2v) is 11.8. The van der Waals surface area contributed by atoms with Crippen LogP contribution in [0.25, 0.3) is 0 Å². The van der Waals surface area contributed by atoms with Gasteiger partial charge in [-0.15, -0.1) is 0 Å². The van der Waals surface area contributed by atoms with Crippen LogP contribution in [-0.2, 0) is 0 Å². The third-order valence-corrected chi connectivity index (χ3v) is 8.39. The normalized spacial score (nSPS) is 12.9. The van der Waals surface area contributed by atoms with E-state index in [-0.39, 0.29) is 5.04 Å². The molecule has 0 atom stereocenters. The van der Waals surface area contributed by atoms with E-state index in [1.807, 2.05) is 0 Å². The Morgan fingerprint density at radius 3 is 2.11 bits per heavy atom. The Morgan fingerprint density at radius 1 is 1.11 bits per heavy atom. The minimum Gasteiger partial charge on any atom is -0.543 e. The van der Waals surface area contributed by atoms with Crippen molar-refractivity contribution in [2.24, 2.45) is 0 Å². The molecular formula is C16H28OSi. The van der Waals surface area contributed by atoms with Crippen molar-refractivity contribution in [2.45, 2.75) is 65.6 Å². The standard InChI is InChI=1S/C16H28OSi/c1-12(2)14-10-9-13(3)15(11-14)17-18(7,8)16(4,5)6/h9-12H,1-8H3. The second-order valence-electron chi connectivity index (χ2n) is 7.04. The summed E-state index contributed by atoms with van der Waals surface area (Å²) in [5, 5.41) is 0.243. The van der Waals surface area contributed by atoms with Crippen LogP contribution < -0.4 is 4.43 Å². The lowest BCUT2D eigenvalue weighted by atomic mass is 10.0. The van der Waals surface area contributed by atoms with Gasteiger partial charge in [-0.1, -0.05) is 46.8 Å². The van der Waals surface area contributed by atoms with Crippen LogP contribution in [0.2, 0.25) is 18.1 Å². The summed E-state index contributed by atoms with van der Waals surface area (Å²) in [6.45, 7) is 18.0. The zero-order valence-corrected chi connectivity index (χ0v) is 14.2. The van der Waals surface area contributed by atoms with Crippen LogP contribution in [0.15, 0.2) is 18.2 Å². The quantitative estimate of drug-likeness (QED) is 0.655. The summed E-state index contributed by atoms with van der Waals surface area (Å²) in [6.07, 6.45) is 0. The van der Waals surface area contributed by atoms with Gasteiger partial charge in [0.15, 0.2) is 0 Å². The molecule has 0 N–H and O–H groups in total. The van der Waals surface area contributed by atoms with E-state index < -0.39 is 8.32 Å². The van der Waals surface area contributed by atoms with E-state index in [4.69, 9.17) is 4.43 Å². The van der Waals surface area contributed by atoms with Gasteiger partial charge in [-0.2, -0.15) is 0 Å². The summed E-state index contributed by atoms with van der Waals surface area (Å²) < 4.78 is 6.43. The third-order valence-electron chi connectivity index (χ3n) is 4.05. The maximum absolute atomic E-state index is 6.43. The van der Waals surface area contributed by atoms with Gasteiger partial charge in [-0.25, -0.2) is 0 Å². The molecule has 2 heteroatoms. The second kappa shape index (κ2) is 5.08. The predicted molar refractivity (Wildman–Crippen MR) is 83.1 cm³/mol. The molecule has 18 heavy (non-hydrogen) atoms. The van der Waals surface area contributed by atoms with Crippen molar-refractivity contribution in [3.8, 4) is 5.75 Å². The first-order valence-electron chi connectivity index (χ1n) is 6.84. The topological polar surface area (TPSA) is 9.23 Å².